The quantitative estimate of drug-likeness (QED) is 0.407. The molecule has 5 heterocycles. The summed E-state index contributed by atoms with van der Waals surface area (Å²) in [5.41, 5.74) is 2.04. The topological polar surface area (TPSA) is 115 Å². The zero-order valence-electron chi connectivity index (χ0n) is 20.6. The number of aldehydes is 1. The number of nitrogens with one attached hydrogen (secondary N) is 1. The summed E-state index contributed by atoms with van der Waals surface area (Å²) in [6.45, 7) is 0.644. The molecule has 1 amide bonds. The maximum atomic E-state index is 15.4. The molecule has 1 aliphatic carbocycles. The highest BCUT2D eigenvalue weighted by molar-refractivity contribution is 6.08. The Morgan fingerprint density at radius 2 is 1.89 bits per heavy atom. The van der Waals surface area contributed by atoms with Crippen LogP contribution in [-0.4, -0.2) is 42.8 Å². The van der Waals surface area contributed by atoms with Crippen LogP contribution in [0.2, 0.25) is 0 Å². The Bertz CT molecular complexity index is 1640. The second kappa shape index (κ2) is 9.33. The number of nitrogens with zero attached hydrogens (tertiary/aromatic N) is 6. The zero-order valence-corrected chi connectivity index (χ0v) is 20.6. The molecule has 1 aliphatic heterocycles. The molecule has 0 aromatic carbocycles. The van der Waals surface area contributed by atoms with Crippen molar-refractivity contribution in [3.05, 3.63) is 81.4 Å². The number of rotatable bonds is 5. The van der Waals surface area contributed by atoms with Gasteiger partial charge >= 0.3 is 0 Å². The summed E-state index contributed by atoms with van der Waals surface area (Å²) in [6, 6.07) is 8.45. The summed E-state index contributed by atoms with van der Waals surface area (Å²) < 4.78 is 18.6. The lowest BCUT2D eigenvalue weighted by Crippen LogP contribution is -2.42. The van der Waals surface area contributed by atoms with Gasteiger partial charge in [0.25, 0.3) is 11.5 Å². The van der Waals surface area contributed by atoms with E-state index in [1.165, 1.54) is 15.7 Å². The molecule has 6 rings (SSSR count). The first-order valence-electron chi connectivity index (χ1n) is 12.4. The molecule has 192 valence electrons. The Morgan fingerprint density at radius 3 is 2.68 bits per heavy atom. The van der Waals surface area contributed by atoms with Gasteiger partial charge in [-0.15, -0.1) is 0 Å². The van der Waals surface area contributed by atoms with Crippen molar-refractivity contribution < 1.29 is 14.0 Å². The predicted molar refractivity (Wildman–Crippen MR) is 138 cm³/mol. The van der Waals surface area contributed by atoms with E-state index in [1.54, 1.807) is 48.1 Å². The predicted octanol–water partition coefficient (Wildman–Crippen LogP) is 3.27. The van der Waals surface area contributed by atoms with E-state index in [1.807, 2.05) is 0 Å². The third-order valence-corrected chi connectivity index (χ3v) is 7.14. The number of aromatic nitrogens is 5. The summed E-state index contributed by atoms with van der Waals surface area (Å²) in [5.74, 6) is -0.0540. The van der Waals surface area contributed by atoms with E-state index >= 15 is 4.39 Å². The summed E-state index contributed by atoms with van der Waals surface area (Å²) >= 11 is 0. The van der Waals surface area contributed by atoms with Crippen molar-refractivity contribution in [2.75, 3.05) is 16.8 Å². The van der Waals surface area contributed by atoms with Crippen LogP contribution < -0.4 is 15.8 Å². The maximum Gasteiger partial charge on any atom is 0.279 e. The van der Waals surface area contributed by atoms with Gasteiger partial charge in [-0.3, -0.25) is 23.9 Å². The molecule has 0 radical (unpaired) electrons. The summed E-state index contributed by atoms with van der Waals surface area (Å²) in [5, 5.41) is 3.11. The number of carbonyl (C=O) groups is 2. The number of fused-ring (bicyclic) bond motifs is 3. The first kappa shape index (κ1) is 23.7. The molecular formula is C27H24FN7O3. The molecular weight excluding hydrogens is 489 g/mol. The van der Waals surface area contributed by atoms with Crippen molar-refractivity contribution in [1.29, 1.82) is 0 Å². The van der Waals surface area contributed by atoms with Gasteiger partial charge < -0.3 is 9.88 Å². The van der Waals surface area contributed by atoms with Crippen molar-refractivity contribution in [2.24, 2.45) is 7.05 Å². The van der Waals surface area contributed by atoms with E-state index in [0.29, 0.717) is 47.8 Å². The molecule has 0 fully saturated rings. The first-order chi connectivity index (χ1) is 18.5. The minimum atomic E-state index is -0.531. The average Bonchev–Trinajstić information content (AvgIpc) is 3.24. The molecule has 0 saturated heterocycles. The van der Waals surface area contributed by atoms with Crippen LogP contribution in [-0.2, 0) is 26.4 Å². The van der Waals surface area contributed by atoms with Crippen LogP contribution in [0.25, 0.3) is 11.4 Å². The first-order valence-corrected chi connectivity index (χ1v) is 12.4. The third kappa shape index (κ3) is 3.78. The molecule has 0 bridgehead atoms. The fourth-order valence-electron chi connectivity index (χ4n) is 5.23. The standard InChI is InChI=1S/C27H24FN7O3/c1-33-21(37)14-30-23(26(33)32-20-8-4-5-11-29-20)18-10-9-16(15-36)25(31-18)35-13-12-34-19-7-3-2-6-17(19)22(28)24(34)27(35)38/h4-5,8-11,14-15H,2-3,6-7,12-13H2,1H3,(H,29,32). The van der Waals surface area contributed by atoms with Gasteiger partial charge in [0, 0.05) is 37.6 Å². The van der Waals surface area contributed by atoms with E-state index in [4.69, 9.17) is 0 Å². The van der Waals surface area contributed by atoms with Crippen LogP contribution >= 0.6 is 0 Å². The number of pyridine rings is 2. The van der Waals surface area contributed by atoms with Crippen LogP contribution in [0, 0.1) is 5.82 Å². The van der Waals surface area contributed by atoms with E-state index in [9.17, 15) is 14.4 Å². The Morgan fingerprint density at radius 1 is 1.05 bits per heavy atom. The van der Waals surface area contributed by atoms with Crippen LogP contribution in [0.15, 0.2) is 47.5 Å². The van der Waals surface area contributed by atoms with Gasteiger partial charge in [0.2, 0.25) is 0 Å². The number of carbonyl (C=O) groups excluding carboxylic acids is 2. The summed E-state index contributed by atoms with van der Waals surface area (Å²) in [7, 11) is 1.59. The molecule has 10 nitrogen and oxygen atoms in total. The average molecular weight is 514 g/mol. The molecule has 0 atom stereocenters. The lowest BCUT2D eigenvalue weighted by atomic mass is 9.97. The highest BCUT2D eigenvalue weighted by Gasteiger charge is 2.36. The van der Waals surface area contributed by atoms with Gasteiger partial charge in [0.15, 0.2) is 12.1 Å². The van der Waals surface area contributed by atoms with Crippen molar-refractivity contribution in [1.82, 2.24) is 24.1 Å². The molecule has 4 aromatic heterocycles. The minimum Gasteiger partial charge on any atom is -0.336 e. The second-order valence-corrected chi connectivity index (χ2v) is 9.32. The minimum absolute atomic E-state index is 0.0185. The molecule has 0 spiro atoms. The summed E-state index contributed by atoms with van der Waals surface area (Å²) in [6.07, 6.45) is 6.63. The highest BCUT2D eigenvalue weighted by Crippen LogP contribution is 2.34. The van der Waals surface area contributed by atoms with Crippen LogP contribution in [0.3, 0.4) is 0 Å². The van der Waals surface area contributed by atoms with Crippen molar-refractivity contribution in [2.45, 2.75) is 32.2 Å². The Labute approximate surface area is 216 Å². The lowest BCUT2D eigenvalue weighted by Gasteiger charge is -2.29. The largest absolute Gasteiger partial charge is 0.336 e. The fourth-order valence-corrected chi connectivity index (χ4v) is 5.23. The van der Waals surface area contributed by atoms with Crippen LogP contribution in [0.4, 0.5) is 21.8 Å². The molecule has 38 heavy (non-hydrogen) atoms. The number of anilines is 3. The molecule has 2 aliphatic rings. The zero-order chi connectivity index (χ0) is 26.4. The smallest absolute Gasteiger partial charge is 0.279 e. The van der Waals surface area contributed by atoms with Gasteiger partial charge in [-0.2, -0.15) is 0 Å². The number of hydrogen-bond acceptors (Lipinski definition) is 7. The third-order valence-electron chi connectivity index (χ3n) is 7.14. The molecule has 0 unspecified atom stereocenters. The van der Waals surface area contributed by atoms with Crippen molar-refractivity contribution in [3.63, 3.8) is 0 Å². The Kier molecular flexibility index (Phi) is 5.82. The van der Waals surface area contributed by atoms with E-state index < -0.39 is 11.7 Å². The summed E-state index contributed by atoms with van der Waals surface area (Å²) in [4.78, 5) is 52.5. The fraction of sp³-hybridized carbons (Fsp3) is 0.259. The normalized spacial score (nSPS) is 14.7. The lowest BCUT2D eigenvalue weighted by molar-refractivity contribution is 0.0959. The van der Waals surface area contributed by atoms with Gasteiger partial charge in [0.05, 0.1) is 17.5 Å². The Balaban J connectivity index is 1.44. The monoisotopic (exact) mass is 513 g/mol. The van der Waals surface area contributed by atoms with Crippen molar-refractivity contribution in [3.8, 4) is 11.4 Å². The highest BCUT2D eigenvalue weighted by atomic mass is 19.1. The number of hydrogen-bond donors (Lipinski definition) is 1. The van der Waals surface area contributed by atoms with Gasteiger partial charge in [-0.25, -0.2) is 19.3 Å². The van der Waals surface area contributed by atoms with Gasteiger partial charge in [-0.1, -0.05) is 6.07 Å². The van der Waals surface area contributed by atoms with Gasteiger partial charge in [-0.05, 0) is 49.9 Å². The second-order valence-electron chi connectivity index (χ2n) is 9.32. The maximum absolute atomic E-state index is 15.4. The van der Waals surface area contributed by atoms with Crippen LogP contribution in [0.1, 0.15) is 44.9 Å². The number of halogens is 1. The molecule has 1 N–H and O–H groups in total. The van der Waals surface area contributed by atoms with E-state index in [-0.39, 0.29) is 29.2 Å². The van der Waals surface area contributed by atoms with Crippen LogP contribution in [0.5, 0.6) is 0 Å². The number of amides is 1. The van der Waals surface area contributed by atoms with E-state index in [0.717, 1.165) is 25.0 Å². The van der Waals surface area contributed by atoms with Gasteiger partial charge in [0.1, 0.15) is 28.8 Å². The Hall–Kier alpha value is -4.67. The van der Waals surface area contributed by atoms with Crippen molar-refractivity contribution >= 4 is 29.6 Å². The van der Waals surface area contributed by atoms with E-state index in [2.05, 4.69) is 20.3 Å². The molecule has 4 aromatic rings. The molecule has 0 saturated carbocycles. The molecule has 11 heteroatoms. The SMILES string of the molecule is Cn1c(Nc2ccccn2)c(-c2ccc(C=O)c(N3CCn4c5c(c(F)c4C3=O)CCCC5)n2)ncc1=O.